The number of halogens is 3. The Hall–Kier alpha value is -0.850. The number of carbonyl (C=O) groups is 1. The SMILES string of the molecule is CN(C(=O)O)C1=NN(Cl)NC(Cl)=C1.Cl. The molecule has 0 fully saturated rings. The third-order valence-electron chi connectivity index (χ3n) is 1.28. The van der Waals surface area contributed by atoms with Gasteiger partial charge >= 0.3 is 6.09 Å². The standard InChI is InChI=1S/C5H6Cl2N4O2.ClH/c1-10(5(12)13)4-2-3(6)8-11(7)9-4;/h2,8H,1H3,(H,12,13);1H. The molecule has 0 aromatic heterocycles. The molecular formula is C5H7Cl3N4O2. The summed E-state index contributed by atoms with van der Waals surface area (Å²) in [7, 11) is 1.33. The van der Waals surface area contributed by atoms with Gasteiger partial charge in [-0.1, -0.05) is 11.6 Å². The van der Waals surface area contributed by atoms with E-state index in [4.69, 9.17) is 28.5 Å². The van der Waals surface area contributed by atoms with Crippen LogP contribution in [0.5, 0.6) is 0 Å². The average molecular weight is 261 g/mol. The molecule has 14 heavy (non-hydrogen) atoms. The minimum absolute atomic E-state index is 0. The van der Waals surface area contributed by atoms with Gasteiger partial charge in [0.05, 0.1) is 11.8 Å². The zero-order valence-corrected chi connectivity index (χ0v) is 9.27. The first-order valence-corrected chi connectivity index (χ1v) is 3.87. The molecule has 0 unspecified atom stereocenters. The van der Waals surface area contributed by atoms with Crippen molar-refractivity contribution < 1.29 is 9.90 Å². The molecule has 6 nitrogen and oxygen atoms in total. The van der Waals surface area contributed by atoms with Gasteiger partial charge in [0.15, 0.2) is 5.84 Å². The highest BCUT2D eigenvalue weighted by Gasteiger charge is 2.17. The Bertz CT molecular complexity index is 293. The number of carboxylic acid groups (broad SMARTS) is 1. The Morgan fingerprint density at radius 2 is 2.36 bits per heavy atom. The number of likely N-dealkylation sites (N-methyl/N-ethyl adjacent to an activating group) is 1. The first kappa shape index (κ1) is 13.2. The number of nitrogens with one attached hydrogen (secondary N) is 1. The van der Waals surface area contributed by atoms with Gasteiger partial charge in [-0.25, -0.2) is 4.79 Å². The van der Waals surface area contributed by atoms with E-state index in [1.54, 1.807) is 0 Å². The monoisotopic (exact) mass is 260 g/mol. The Morgan fingerprint density at radius 3 is 2.79 bits per heavy atom. The number of amides is 1. The van der Waals surface area contributed by atoms with E-state index in [0.717, 1.165) is 9.54 Å². The van der Waals surface area contributed by atoms with Crippen LogP contribution in [-0.4, -0.2) is 33.6 Å². The third kappa shape index (κ3) is 3.13. The summed E-state index contributed by atoms with van der Waals surface area (Å²) in [4.78, 5) is 11.4. The molecule has 9 heteroatoms. The van der Waals surface area contributed by atoms with Crippen molar-refractivity contribution in [2.24, 2.45) is 5.10 Å². The molecule has 0 aliphatic carbocycles. The molecular weight excluding hydrogens is 254 g/mol. The van der Waals surface area contributed by atoms with Crippen LogP contribution < -0.4 is 5.43 Å². The van der Waals surface area contributed by atoms with Gasteiger partial charge < -0.3 is 5.11 Å². The molecule has 1 heterocycles. The van der Waals surface area contributed by atoms with Gasteiger partial charge in [0.2, 0.25) is 0 Å². The average Bonchev–Trinajstić information content (AvgIpc) is 2.01. The lowest BCUT2D eigenvalue weighted by Gasteiger charge is -2.21. The Labute approximate surface area is 96.2 Å². The maximum Gasteiger partial charge on any atom is 0.412 e. The van der Waals surface area contributed by atoms with Crippen LogP contribution in [-0.2, 0) is 0 Å². The van der Waals surface area contributed by atoms with Crippen LogP contribution in [0.4, 0.5) is 4.79 Å². The highest BCUT2D eigenvalue weighted by molar-refractivity contribution is 6.31. The molecule has 2 N–H and O–H groups in total. The van der Waals surface area contributed by atoms with E-state index in [-0.39, 0.29) is 23.4 Å². The van der Waals surface area contributed by atoms with Crippen LogP contribution in [0.15, 0.2) is 16.3 Å². The quantitative estimate of drug-likeness (QED) is 0.511. The minimum atomic E-state index is -1.15. The van der Waals surface area contributed by atoms with Gasteiger partial charge in [0, 0.05) is 13.1 Å². The largest absolute Gasteiger partial charge is 0.465 e. The van der Waals surface area contributed by atoms with Crippen LogP contribution in [0, 0.1) is 0 Å². The molecule has 0 aromatic rings. The number of hydrogen-bond donors (Lipinski definition) is 2. The van der Waals surface area contributed by atoms with E-state index < -0.39 is 6.09 Å². The lowest BCUT2D eigenvalue weighted by molar-refractivity contribution is 0.175. The maximum atomic E-state index is 10.5. The molecule has 0 aromatic carbocycles. The molecule has 1 aliphatic heterocycles. The second-order valence-corrected chi connectivity index (χ2v) is 2.89. The van der Waals surface area contributed by atoms with Gasteiger partial charge in [0.25, 0.3) is 0 Å². The van der Waals surface area contributed by atoms with Crippen molar-refractivity contribution in [3.63, 3.8) is 0 Å². The van der Waals surface area contributed by atoms with E-state index in [1.165, 1.54) is 13.1 Å². The van der Waals surface area contributed by atoms with Crippen molar-refractivity contribution in [1.29, 1.82) is 0 Å². The molecule has 1 amide bonds. The molecule has 80 valence electrons. The summed E-state index contributed by atoms with van der Waals surface area (Å²) in [6, 6.07) is 0. The molecule has 0 radical (unpaired) electrons. The number of nitrogens with zero attached hydrogens (tertiary/aromatic N) is 3. The van der Waals surface area contributed by atoms with Crippen molar-refractivity contribution in [1.82, 2.24) is 15.0 Å². The van der Waals surface area contributed by atoms with Crippen LogP contribution in [0.2, 0.25) is 0 Å². The fourth-order valence-electron chi connectivity index (χ4n) is 0.639. The van der Waals surface area contributed by atoms with Crippen molar-refractivity contribution in [2.45, 2.75) is 0 Å². The summed E-state index contributed by atoms with van der Waals surface area (Å²) in [5.41, 5.74) is 2.42. The Kier molecular flexibility index (Phi) is 4.82. The predicted molar refractivity (Wildman–Crippen MR) is 55.2 cm³/mol. The van der Waals surface area contributed by atoms with Gasteiger partial charge in [-0.3, -0.25) is 10.3 Å². The molecule has 1 rings (SSSR count). The lowest BCUT2D eigenvalue weighted by atomic mass is 10.5. The van der Waals surface area contributed by atoms with Gasteiger partial charge in [-0.2, -0.15) is 0 Å². The number of hydrogen-bond acceptors (Lipinski definition) is 4. The third-order valence-corrected chi connectivity index (χ3v) is 1.63. The first-order valence-electron chi connectivity index (χ1n) is 3.15. The number of hydrazone groups is 1. The van der Waals surface area contributed by atoms with E-state index in [2.05, 4.69) is 10.5 Å². The summed E-state index contributed by atoms with van der Waals surface area (Å²) in [5.74, 6) is 0.131. The molecule has 1 aliphatic rings. The zero-order chi connectivity index (χ0) is 10.0. The highest BCUT2D eigenvalue weighted by Crippen LogP contribution is 2.09. The van der Waals surface area contributed by atoms with Crippen LogP contribution in [0.1, 0.15) is 0 Å². The molecule has 0 atom stereocenters. The highest BCUT2D eigenvalue weighted by atomic mass is 35.5. The number of hydrazine groups is 1. The van der Waals surface area contributed by atoms with Crippen LogP contribution >= 0.6 is 35.8 Å². The van der Waals surface area contributed by atoms with Crippen molar-refractivity contribution >= 4 is 47.7 Å². The van der Waals surface area contributed by atoms with Crippen molar-refractivity contribution in [2.75, 3.05) is 7.05 Å². The fraction of sp³-hybridized carbons (Fsp3) is 0.200. The Balaban J connectivity index is 0.00000169. The van der Waals surface area contributed by atoms with E-state index in [1.807, 2.05) is 0 Å². The van der Waals surface area contributed by atoms with Crippen molar-refractivity contribution in [3.05, 3.63) is 11.2 Å². The molecule has 0 bridgehead atoms. The summed E-state index contributed by atoms with van der Waals surface area (Å²) in [5, 5.41) is 12.4. The molecule has 0 spiro atoms. The topological polar surface area (TPSA) is 68.2 Å². The summed E-state index contributed by atoms with van der Waals surface area (Å²) < 4.78 is 0.803. The van der Waals surface area contributed by atoms with Gasteiger partial charge in [0.1, 0.15) is 5.16 Å². The number of rotatable bonds is 0. The van der Waals surface area contributed by atoms with E-state index >= 15 is 0 Å². The summed E-state index contributed by atoms with van der Waals surface area (Å²) >= 11 is 11.0. The second-order valence-electron chi connectivity index (χ2n) is 2.16. The van der Waals surface area contributed by atoms with Crippen LogP contribution in [0.25, 0.3) is 0 Å². The fourth-order valence-corrected chi connectivity index (χ4v) is 1.03. The first-order chi connectivity index (χ1) is 6.00. The van der Waals surface area contributed by atoms with Gasteiger partial charge in [-0.05, 0) is 0 Å². The van der Waals surface area contributed by atoms with Gasteiger partial charge in [-0.15, -0.1) is 22.1 Å². The second kappa shape index (κ2) is 5.14. The Morgan fingerprint density at radius 1 is 1.79 bits per heavy atom. The lowest BCUT2D eigenvalue weighted by Crippen LogP contribution is -2.37. The van der Waals surface area contributed by atoms with E-state index in [9.17, 15) is 4.79 Å². The normalized spacial score (nSPS) is 14.6. The van der Waals surface area contributed by atoms with E-state index in [0.29, 0.717) is 0 Å². The van der Waals surface area contributed by atoms with Crippen molar-refractivity contribution in [3.8, 4) is 0 Å². The number of amidine groups is 1. The predicted octanol–water partition coefficient (Wildman–Crippen LogP) is 1.39. The summed E-state index contributed by atoms with van der Waals surface area (Å²) in [6.07, 6.45) is 0.195. The van der Waals surface area contributed by atoms with Crippen LogP contribution in [0.3, 0.4) is 0 Å². The zero-order valence-electron chi connectivity index (χ0n) is 6.94. The summed E-state index contributed by atoms with van der Waals surface area (Å²) in [6.45, 7) is 0. The molecule has 0 saturated heterocycles. The maximum absolute atomic E-state index is 10.5. The smallest absolute Gasteiger partial charge is 0.412 e. The molecule has 0 saturated carbocycles. The minimum Gasteiger partial charge on any atom is -0.465 e.